The van der Waals surface area contributed by atoms with E-state index >= 15 is 0 Å². The first-order valence-corrected chi connectivity index (χ1v) is 8.72. The van der Waals surface area contributed by atoms with E-state index in [1.807, 2.05) is 0 Å². The molecule has 0 saturated carbocycles. The Labute approximate surface area is 164 Å². The summed E-state index contributed by atoms with van der Waals surface area (Å²) in [6, 6.07) is 9.94. The maximum Gasteiger partial charge on any atom is 0.416 e. The molecule has 1 atom stereocenters. The summed E-state index contributed by atoms with van der Waals surface area (Å²) in [7, 11) is 0. The van der Waals surface area contributed by atoms with Crippen LogP contribution < -0.4 is 10.2 Å². The summed E-state index contributed by atoms with van der Waals surface area (Å²) >= 11 is 0. The molecule has 6 nitrogen and oxygen atoms in total. The molecule has 0 spiro atoms. The van der Waals surface area contributed by atoms with Crippen LogP contribution in [0.5, 0.6) is 0 Å². The number of alkyl halides is 3. The second-order valence-electron chi connectivity index (χ2n) is 6.54. The Balaban J connectivity index is 1.75. The van der Waals surface area contributed by atoms with Crippen molar-refractivity contribution in [2.75, 3.05) is 16.8 Å². The zero-order valence-corrected chi connectivity index (χ0v) is 15.3. The molecule has 0 aromatic heterocycles. The van der Waals surface area contributed by atoms with Crippen LogP contribution in [0.15, 0.2) is 48.5 Å². The summed E-state index contributed by atoms with van der Waals surface area (Å²) in [6.07, 6.45) is -4.56. The minimum absolute atomic E-state index is 0.0436. The molecular weight excluding hydrogens is 389 g/mol. The van der Waals surface area contributed by atoms with Gasteiger partial charge in [0.1, 0.15) is 0 Å². The molecule has 0 saturated heterocycles. The number of nitrogens with one attached hydrogen (secondary N) is 1. The molecular formula is C20H17F3N2O4. The lowest BCUT2D eigenvalue weighted by Gasteiger charge is -2.27. The molecule has 1 N–H and O–H groups in total. The SMILES string of the molecule is C[C@@H]1CC(=O)Nc2ccccc2N1C(=O)COC(=O)c1cccc(C(F)(F)F)c1. The van der Waals surface area contributed by atoms with Gasteiger partial charge in [0.25, 0.3) is 5.91 Å². The average molecular weight is 406 g/mol. The van der Waals surface area contributed by atoms with Crippen molar-refractivity contribution in [3.8, 4) is 0 Å². The summed E-state index contributed by atoms with van der Waals surface area (Å²) < 4.78 is 43.3. The molecule has 0 radical (unpaired) electrons. The first kappa shape index (κ1) is 20.4. The maximum atomic E-state index is 12.8. The van der Waals surface area contributed by atoms with Gasteiger partial charge in [0.2, 0.25) is 5.91 Å². The Morgan fingerprint density at radius 1 is 1.17 bits per heavy atom. The Morgan fingerprint density at radius 3 is 2.62 bits per heavy atom. The fourth-order valence-electron chi connectivity index (χ4n) is 3.07. The monoisotopic (exact) mass is 406 g/mol. The number of carbonyl (C=O) groups is 3. The predicted molar refractivity (Wildman–Crippen MR) is 98.4 cm³/mol. The highest BCUT2D eigenvalue weighted by molar-refractivity contribution is 6.05. The van der Waals surface area contributed by atoms with Crippen LogP contribution in [0.1, 0.15) is 29.3 Å². The van der Waals surface area contributed by atoms with Gasteiger partial charge in [-0.05, 0) is 37.3 Å². The first-order chi connectivity index (χ1) is 13.7. The van der Waals surface area contributed by atoms with E-state index in [9.17, 15) is 27.6 Å². The average Bonchev–Trinajstić information content (AvgIpc) is 2.79. The van der Waals surface area contributed by atoms with Crippen molar-refractivity contribution in [1.29, 1.82) is 0 Å². The number of hydrogen-bond donors (Lipinski definition) is 1. The largest absolute Gasteiger partial charge is 0.452 e. The highest BCUT2D eigenvalue weighted by Crippen LogP contribution is 2.32. The van der Waals surface area contributed by atoms with Gasteiger partial charge in [-0.15, -0.1) is 0 Å². The number of fused-ring (bicyclic) bond motifs is 1. The Kier molecular flexibility index (Phi) is 5.58. The van der Waals surface area contributed by atoms with E-state index in [1.54, 1.807) is 31.2 Å². The highest BCUT2D eigenvalue weighted by atomic mass is 19.4. The van der Waals surface area contributed by atoms with Gasteiger partial charge in [0, 0.05) is 12.5 Å². The zero-order chi connectivity index (χ0) is 21.2. The number of hydrogen-bond acceptors (Lipinski definition) is 4. The van der Waals surface area contributed by atoms with Crippen molar-refractivity contribution in [2.24, 2.45) is 0 Å². The number of ether oxygens (including phenoxy) is 1. The van der Waals surface area contributed by atoms with Crippen LogP contribution in [-0.2, 0) is 20.5 Å². The fourth-order valence-corrected chi connectivity index (χ4v) is 3.07. The molecule has 2 aromatic carbocycles. The molecule has 0 aliphatic carbocycles. The molecule has 1 aliphatic rings. The van der Waals surface area contributed by atoms with Crippen molar-refractivity contribution in [2.45, 2.75) is 25.6 Å². The third-order valence-corrected chi connectivity index (χ3v) is 4.38. The molecule has 2 aromatic rings. The number of para-hydroxylation sites is 2. The second-order valence-corrected chi connectivity index (χ2v) is 6.54. The van der Waals surface area contributed by atoms with Crippen molar-refractivity contribution < 1.29 is 32.3 Å². The normalized spacial score (nSPS) is 16.5. The maximum absolute atomic E-state index is 12.8. The standard InChI is InChI=1S/C20H17F3N2O4/c1-12-9-17(26)24-15-7-2-3-8-16(15)25(12)18(27)11-29-19(28)13-5-4-6-14(10-13)20(21,22)23/h2-8,10,12H,9,11H2,1H3,(H,24,26)/t12-/m1/s1. The summed E-state index contributed by atoms with van der Waals surface area (Å²) in [5.41, 5.74) is -0.405. The van der Waals surface area contributed by atoms with Gasteiger partial charge in [0.15, 0.2) is 6.61 Å². The molecule has 1 heterocycles. The van der Waals surface area contributed by atoms with Gasteiger partial charge in [-0.3, -0.25) is 9.59 Å². The molecule has 0 bridgehead atoms. The van der Waals surface area contributed by atoms with Crippen LogP contribution in [0.4, 0.5) is 24.5 Å². The Bertz CT molecular complexity index is 959. The van der Waals surface area contributed by atoms with E-state index in [1.165, 1.54) is 11.0 Å². The molecule has 1 aliphatic heterocycles. The van der Waals surface area contributed by atoms with E-state index in [0.717, 1.165) is 12.1 Å². The smallest absolute Gasteiger partial charge is 0.416 e. The fraction of sp³-hybridized carbons (Fsp3) is 0.250. The van der Waals surface area contributed by atoms with Crippen molar-refractivity contribution in [3.63, 3.8) is 0 Å². The number of benzene rings is 2. The zero-order valence-electron chi connectivity index (χ0n) is 15.3. The van der Waals surface area contributed by atoms with Crippen LogP contribution in [0, 0.1) is 0 Å². The summed E-state index contributed by atoms with van der Waals surface area (Å²) in [6.45, 7) is 0.996. The van der Waals surface area contributed by atoms with Crippen molar-refractivity contribution in [3.05, 3.63) is 59.7 Å². The topological polar surface area (TPSA) is 75.7 Å². The van der Waals surface area contributed by atoms with Crippen LogP contribution >= 0.6 is 0 Å². The van der Waals surface area contributed by atoms with Gasteiger partial charge in [-0.1, -0.05) is 18.2 Å². The van der Waals surface area contributed by atoms with Crippen molar-refractivity contribution in [1.82, 2.24) is 0 Å². The van der Waals surface area contributed by atoms with E-state index < -0.39 is 36.3 Å². The number of rotatable bonds is 3. The third kappa shape index (κ3) is 4.56. The molecule has 3 rings (SSSR count). The van der Waals surface area contributed by atoms with Gasteiger partial charge in [-0.2, -0.15) is 13.2 Å². The minimum atomic E-state index is -4.60. The quantitative estimate of drug-likeness (QED) is 0.790. The second kappa shape index (κ2) is 7.94. The Hall–Kier alpha value is -3.36. The molecule has 0 fully saturated rings. The Morgan fingerprint density at radius 2 is 1.90 bits per heavy atom. The van der Waals surface area contributed by atoms with Gasteiger partial charge in [-0.25, -0.2) is 4.79 Å². The predicted octanol–water partition coefficient (Wildman–Crippen LogP) is 3.63. The van der Waals surface area contributed by atoms with E-state index in [4.69, 9.17) is 4.74 Å². The van der Waals surface area contributed by atoms with Crippen LogP contribution in [0.3, 0.4) is 0 Å². The van der Waals surface area contributed by atoms with Crippen LogP contribution in [-0.4, -0.2) is 30.4 Å². The lowest BCUT2D eigenvalue weighted by Crippen LogP contribution is -2.41. The number of amides is 2. The van der Waals surface area contributed by atoms with Crippen LogP contribution in [0.25, 0.3) is 0 Å². The van der Waals surface area contributed by atoms with E-state index in [0.29, 0.717) is 17.4 Å². The number of carbonyl (C=O) groups excluding carboxylic acids is 3. The molecule has 29 heavy (non-hydrogen) atoms. The minimum Gasteiger partial charge on any atom is -0.452 e. The summed E-state index contributed by atoms with van der Waals surface area (Å²) in [4.78, 5) is 38.2. The molecule has 2 amide bonds. The number of anilines is 2. The van der Waals surface area contributed by atoms with Gasteiger partial charge < -0.3 is 15.0 Å². The highest BCUT2D eigenvalue weighted by Gasteiger charge is 2.32. The lowest BCUT2D eigenvalue weighted by molar-refractivity contribution is -0.137. The van der Waals surface area contributed by atoms with Crippen molar-refractivity contribution >= 4 is 29.2 Å². The van der Waals surface area contributed by atoms with Gasteiger partial charge >= 0.3 is 12.1 Å². The van der Waals surface area contributed by atoms with E-state index in [-0.39, 0.29) is 17.9 Å². The molecule has 0 unspecified atom stereocenters. The summed E-state index contributed by atoms with van der Waals surface area (Å²) in [5, 5.41) is 2.70. The molecule has 152 valence electrons. The van der Waals surface area contributed by atoms with Crippen LogP contribution in [0.2, 0.25) is 0 Å². The van der Waals surface area contributed by atoms with Gasteiger partial charge in [0.05, 0.1) is 22.5 Å². The number of nitrogens with zero attached hydrogens (tertiary/aromatic N) is 1. The first-order valence-electron chi connectivity index (χ1n) is 8.72. The molecule has 9 heteroatoms. The summed E-state index contributed by atoms with van der Waals surface area (Å²) in [5.74, 6) is -1.91. The number of halogens is 3. The van der Waals surface area contributed by atoms with E-state index in [2.05, 4.69) is 5.32 Å². The number of esters is 1. The lowest BCUT2D eigenvalue weighted by atomic mass is 10.1. The third-order valence-electron chi connectivity index (χ3n) is 4.38.